The maximum absolute atomic E-state index is 12.2. The predicted octanol–water partition coefficient (Wildman–Crippen LogP) is 4.00. The maximum Gasteiger partial charge on any atom is 0.573 e. The molecule has 1 unspecified atom stereocenters. The minimum absolute atomic E-state index is 0.0483. The summed E-state index contributed by atoms with van der Waals surface area (Å²) >= 11 is 0. The number of alkyl halides is 3. The van der Waals surface area contributed by atoms with Gasteiger partial charge in [0.05, 0.1) is 31.2 Å². The molecule has 1 heterocycles. The molecular formula is C20H15F3N4O3. The molecule has 0 amide bonds. The lowest BCUT2D eigenvalue weighted by molar-refractivity contribution is -0.274. The van der Waals surface area contributed by atoms with Crippen LogP contribution in [0.5, 0.6) is 5.75 Å². The van der Waals surface area contributed by atoms with Crippen molar-refractivity contribution in [3.8, 4) is 28.9 Å². The fraction of sp³-hybridized carbons (Fsp3) is 0.200. The number of halogens is 3. The van der Waals surface area contributed by atoms with E-state index in [4.69, 9.17) is 0 Å². The second-order valence-corrected chi connectivity index (χ2v) is 6.14. The molecule has 0 radical (unpaired) electrons. The van der Waals surface area contributed by atoms with Gasteiger partial charge < -0.3 is 9.47 Å². The first-order chi connectivity index (χ1) is 14.3. The number of methoxy groups -OCH3 is 1. The van der Waals surface area contributed by atoms with Crippen molar-refractivity contribution in [1.82, 2.24) is 14.8 Å². The molecule has 0 aliphatic rings. The molecule has 3 rings (SSSR count). The number of aromatic nitrogens is 3. The van der Waals surface area contributed by atoms with Crippen LogP contribution in [0.15, 0.2) is 54.9 Å². The largest absolute Gasteiger partial charge is 0.573 e. The third-order valence-electron chi connectivity index (χ3n) is 4.15. The first kappa shape index (κ1) is 20.9. The molecular weight excluding hydrogens is 401 g/mol. The van der Waals surface area contributed by atoms with Crippen LogP contribution >= 0.6 is 0 Å². The van der Waals surface area contributed by atoms with E-state index in [-0.39, 0.29) is 12.2 Å². The molecule has 1 atom stereocenters. The highest BCUT2D eigenvalue weighted by Crippen LogP contribution is 2.25. The molecule has 7 nitrogen and oxygen atoms in total. The van der Waals surface area contributed by atoms with Gasteiger partial charge in [-0.2, -0.15) is 5.26 Å². The highest BCUT2D eigenvalue weighted by Gasteiger charge is 2.31. The van der Waals surface area contributed by atoms with Gasteiger partial charge >= 0.3 is 12.3 Å². The molecule has 154 valence electrons. The summed E-state index contributed by atoms with van der Waals surface area (Å²) in [5.41, 5.74) is 1.83. The lowest BCUT2D eigenvalue weighted by Gasteiger charge is -2.09. The van der Waals surface area contributed by atoms with Crippen LogP contribution in [0.1, 0.15) is 17.9 Å². The normalized spacial score (nSPS) is 12.1. The molecule has 0 bridgehead atoms. The molecule has 0 aliphatic carbocycles. The summed E-state index contributed by atoms with van der Waals surface area (Å²) in [6, 6.07) is 14.1. The van der Waals surface area contributed by atoms with E-state index in [9.17, 15) is 23.2 Å². The number of ether oxygens (including phenoxy) is 2. The Balaban J connectivity index is 1.74. The Labute approximate surface area is 169 Å². The first-order valence-corrected chi connectivity index (χ1v) is 8.63. The summed E-state index contributed by atoms with van der Waals surface area (Å²) in [6.45, 7) is 0. The van der Waals surface area contributed by atoms with Crippen molar-refractivity contribution in [1.29, 1.82) is 5.26 Å². The average Bonchev–Trinajstić information content (AvgIpc) is 3.21. The van der Waals surface area contributed by atoms with Crippen LogP contribution in [0.2, 0.25) is 0 Å². The number of hydrogen-bond acceptors (Lipinski definition) is 6. The van der Waals surface area contributed by atoms with Crippen molar-refractivity contribution >= 4 is 5.97 Å². The van der Waals surface area contributed by atoms with Gasteiger partial charge in [-0.3, -0.25) is 4.79 Å². The number of carbonyl (C=O) groups excluding carboxylic acids is 1. The number of hydrogen-bond donors (Lipinski definition) is 0. The Morgan fingerprint density at radius 3 is 2.40 bits per heavy atom. The van der Waals surface area contributed by atoms with Crippen LogP contribution < -0.4 is 4.74 Å². The Morgan fingerprint density at radius 1 is 1.17 bits per heavy atom. The zero-order valence-electron chi connectivity index (χ0n) is 15.6. The van der Waals surface area contributed by atoms with Crippen LogP contribution in [0.25, 0.3) is 17.1 Å². The number of nitrogens with zero attached hydrogens (tertiary/aromatic N) is 4. The highest BCUT2D eigenvalue weighted by molar-refractivity contribution is 5.71. The summed E-state index contributed by atoms with van der Waals surface area (Å²) < 4.78 is 46.6. The van der Waals surface area contributed by atoms with Crippen molar-refractivity contribution in [3.05, 3.63) is 60.4 Å². The van der Waals surface area contributed by atoms with E-state index in [1.165, 1.54) is 42.4 Å². The van der Waals surface area contributed by atoms with E-state index in [0.717, 1.165) is 0 Å². The molecule has 0 saturated carbocycles. The van der Waals surface area contributed by atoms with E-state index in [2.05, 4.69) is 25.6 Å². The molecule has 0 fully saturated rings. The van der Waals surface area contributed by atoms with E-state index in [0.29, 0.717) is 22.6 Å². The van der Waals surface area contributed by atoms with Gasteiger partial charge in [-0.15, -0.1) is 18.3 Å². The van der Waals surface area contributed by atoms with Crippen molar-refractivity contribution < 1.29 is 27.4 Å². The second-order valence-electron chi connectivity index (χ2n) is 6.14. The van der Waals surface area contributed by atoms with Gasteiger partial charge in [-0.25, -0.2) is 9.67 Å². The number of carbonyl (C=O) groups is 1. The van der Waals surface area contributed by atoms with Gasteiger partial charge in [0.15, 0.2) is 5.82 Å². The van der Waals surface area contributed by atoms with E-state index >= 15 is 0 Å². The summed E-state index contributed by atoms with van der Waals surface area (Å²) in [5, 5.41) is 13.6. The topological polar surface area (TPSA) is 90.0 Å². The summed E-state index contributed by atoms with van der Waals surface area (Å²) in [4.78, 5) is 15.6. The molecule has 0 spiro atoms. The lowest BCUT2D eigenvalue weighted by Crippen LogP contribution is -2.17. The van der Waals surface area contributed by atoms with Gasteiger partial charge in [-0.05, 0) is 29.8 Å². The quantitative estimate of drug-likeness (QED) is 0.564. The van der Waals surface area contributed by atoms with Crippen LogP contribution in [0.3, 0.4) is 0 Å². The predicted molar refractivity (Wildman–Crippen MR) is 98.5 cm³/mol. The summed E-state index contributed by atoms with van der Waals surface area (Å²) in [6.07, 6.45) is -3.37. The van der Waals surface area contributed by atoms with E-state index in [1.807, 2.05) is 0 Å². The van der Waals surface area contributed by atoms with Gasteiger partial charge in [0.1, 0.15) is 12.1 Å². The SMILES string of the molecule is COC(=O)CC(C#N)c1ccc(-c2ncn(-c3ccc(OC(F)(F)F)cc3)n2)cc1. The molecule has 0 saturated heterocycles. The Kier molecular flexibility index (Phi) is 6.01. The first-order valence-electron chi connectivity index (χ1n) is 8.63. The average molecular weight is 416 g/mol. The van der Waals surface area contributed by atoms with Gasteiger partial charge in [0.25, 0.3) is 0 Å². The molecule has 10 heteroatoms. The summed E-state index contributed by atoms with van der Waals surface area (Å²) in [7, 11) is 1.26. The standard InChI is InChI=1S/C20H15F3N4O3/c1-29-18(28)10-15(11-24)13-2-4-14(5-3-13)19-25-12-27(26-19)16-6-8-17(9-7-16)30-20(21,22)23/h2-9,12,15H,10H2,1H3. The molecule has 1 aromatic heterocycles. The van der Waals surface area contributed by atoms with Crippen molar-refractivity contribution in [2.45, 2.75) is 18.7 Å². The zero-order valence-corrected chi connectivity index (χ0v) is 15.6. The Morgan fingerprint density at radius 2 is 1.83 bits per heavy atom. The minimum atomic E-state index is -4.75. The number of esters is 1. The zero-order chi connectivity index (χ0) is 21.7. The van der Waals surface area contributed by atoms with E-state index < -0.39 is 18.2 Å². The second kappa shape index (κ2) is 8.65. The van der Waals surface area contributed by atoms with Crippen molar-refractivity contribution in [3.63, 3.8) is 0 Å². The van der Waals surface area contributed by atoms with Gasteiger partial charge in [0, 0.05) is 5.56 Å². The number of benzene rings is 2. The minimum Gasteiger partial charge on any atom is -0.469 e. The fourth-order valence-electron chi connectivity index (χ4n) is 2.67. The van der Waals surface area contributed by atoms with Gasteiger partial charge in [-0.1, -0.05) is 24.3 Å². The third-order valence-corrected chi connectivity index (χ3v) is 4.15. The molecule has 3 aromatic rings. The van der Waals surface area contributed by atoms with Gasteiger partial charge in [0.2, 0.25) is 0 Å². The van der Waals surface area contributed by atoms with E-state index in [1.54, 1.807) is 24.3 Å². The Hall–Kier alpha value is -3.87. The Bertz CT molecular complexity index is 1050. The smallest absolute Gasteiger partial charge is 0.469 e. The molecule has 0 N–H and O–H groups in total. The monoisotopic (exact) mass is 416 g/mol. The molecule has 0 aliphatic heterocycles. The summed E-state index contributed by atoms with van der Waals surface area (Å²) in [5.74, 6) is -1.05. The van der Waals surface area contributed by atoms with Crippen molar-refractivity contribution in [2.24, 2.45) is 0 Å². The fourth-order valence-corrected chi connectivity index (χ4v) is 2.67. The maximum atomic E-state index is 12.2. The number of rotatable bonds is 6. The molecule has 2 aromatic carbocycles. The lowest BCUT2D eigenvalue weighted by atomic mass is 9.96. The van der Waals surface area contributed by atoms with Crippen LogP contribution in [-0.4, -0.2) is 34.2 Å². The third kappa shape index (κ3) is 5.14. The van der Waals surface area contributed by atoms with Crippen LogP contribution in [0.4, 0.5) is 13.2 Å². The van der Waals surface area contributed by atoms with Crippen LogP contribution in [0, 0.1) is 11.3 Å². The molecule has 30 heavy (non-hydrogen) atoms. The van der Waals surface area contributed by atoms with Crippen molar-refractivity contribution in [2.75, 3.05) is 7.11 Å². The highest BCUT2D eigenvalue weighted by atomic mass is 19.4. The van der Waals surface area contributed by atoms with Crippen LogP contribution in [-0.2, 0) is 9.53 Å². The number of nitriles is 1.